The van der Waals surface area contributed by atoms with Crippen LogP contribution in [0.4, 0.5) is 0 Å². The molecule has 2 N–H and O–H groups in total. The maximum Gasteiger partial charge on any atom is 0.251 e. The number of carbonyl (C=O) groups is 2. The predicted octanol–water partition coefficient (Wildman–Crippen LogP) is 3.26. The molecule has 2 amide bonds. The Balaban J connectivity index is 1.68. The van der Waals surface area contributed by atoms with Gasteiger partial charge in [0.1, 0.15) is 0 Å². The van der Waals surface area contributed by atoms with Gasteiger partial charge < -0.3 is 15.4 Å². The first kappa shape index (κ1) is 20.6. The minimum absolute atomic E-state index is 0.0356. The Morgan fingerprint density at radius 1 is 0.926 bits per heavy atom. The molecule has 0 saturated carbocycles. The fourth-order valence-corrected chi connectivity index (χ4v) is 2.49. The lowest BCUT2D eigenvalue weighted by atomic mass is 10.0. The molecule has 5 heteroatoms. The Hall–Kier alpha value is -2.66. The number of hydrogen-bond donors (Lipinski definition) is 2. The highest BCUT2D eigenvalue weighted by molar-refractivity contribution is 5.96. The molecule has 0 saturated heterocycles. The molecule has 0 aliphatic carbocycles. The Bertz CT molecular complexity index is 712. The Morgan fingerprint density at radius 3 is 2.26 bits per heavy atom. The second-order valence-corrected chi connectivity index (χ2v) is 6.80. The summed E-state index contributed by atoms with van der Waals surface area (Å²) in [5, 5.41) is 5.42. The van der Waals surface area contributed by atoms with Crippen molar-refractivity contribution in [1.29, 1.82) is 0 Å². The number of carbonyl (C=O) groups excluding carboxylic acids is 2. The summed E-state index contributed by atoms with van der Waals surface area (Å²) in [6.45, 7) is 6.05. The van der Waals surface area contributed by atoms with Gasteiger partial charge in [0, 0.05) is 25.3 Å². The number of ether oxygens (including phenoxy) is 1. The Kier molecular flexibility index (Phi) is 8.52. The molecule has 2 aromatic rings. The van der Waals surface area contributed by atoms with Gasteiger partial charge in [-0.05, 0) is 35.6 Å². The van der Waals surface area contributed by atoms with Gasteiger partial charge in [-0.25, -0.2) is 0 Å². The molecule has 0 unspecified atom stereocenters. The first-order chi connectivity index (χ1) is 13.1. The third kappa shape index (κ3) is 7.62. The van der Waals surface area contributed by atoms with Crippen molar-refractivity contribution in [3.05, 3.63) is 60.2 Å². The fraction of sp³-hybridized carbons (Fsp3) is 0.364. The van der Waals surface area contributed by atoms with Gasteiger partial charge in [0.15, 0.2) is 0 Å². The van der Waals surface area contributed by atoms with Gasteiger partial charge in [-0.2, -0.15) is 0 Å². The number of amides is 2. The van der Waals surface area contributed by atoms with Crippen LogP contribution < -0.4 is 10.6 Å². The first-order valence-corrected chi connectivity index (χ1v) is 9.34. The molecule has 0 spiro atoms. The highest BCUT2D eigenvalue weighted by atomic mass is 16.5. The molecule has 0 fully saturated rings. The zero-order chi connectivity index (χ0) is 19.5. The molecule has 2 rings (SSSR count). The normalized spacial score (nSPS) is 10.6. The third-order valence-electron chi connectivity index (χ3n) is 3.90. The van der Waals surface area contributed by atoms with Crippen LogP contribution in [0.25, 0.3) is 11.1 Å². The van der Waals surface area contributed by atoms with Crippen LogP contribution in [0.1, 0.15) is 30.6 Å². The second kappa shape index (κ2) is 11.1. The van der Waals surface area contributed by atoms with Crippen LogP contribution in [-0.2, 0) is 9.53 Å². The average molecular weight is 368 g/mol. The van der Waals surface area contributed by atoms with E-state index in [1.54, 1.807) is 12.1 Å². The summed E-state index contributed by atoms with van der Waals surface area (Å²) >= 11 is 0. The van der Waals surface area contributed by atoms with E-state index >= 15 is 0 Å². The van der Waals surface area contributed by atoms with E-state index in [-0.39, 0.29) is 18.4 Å². The zero-order valence-electron chi connectivity index (χ0n) is 16.0. The number of nitrogens with one attached hydrogen (secondary N) is 2. The summed E-state index contributed by atoms with van der Waals surface area (Å²) in [5.41, 5.74) is 2.68. The van der Waals surface area contributed by atoms with Crippen molar-refractivity contribution < 1.29 is 14.3 Å². The van der Waals surface area contributed by atoms with E-state index in [0.717, 1.165) is 24.2 Å². The van der Waals surface area contributed by atoms with Crippen LogP contribution in [0, 0.1) is 5.92 Å². The molecular formula is C22H28N2O3. The summed E-state index contributed by atoms with van der Waals surface area (Å²) in [6.07, 6.45) is 0.757. The van der Waals surface area contributed by atoms with Crippen LogP contribution >= 0.6 is 0 Å². The monoisotopic (exact) mass is 368 g/mol. The van der Waals surface area contributed by atoms with Gasteiger partial charge in [-0.1, -0.05) is 56.3 Å². The molecule has 144 valence electrons. The second-order valence-electron chi connectivity index (χ2n) is 6.80. The van der Waals surface area contributed by atoms with E-state index in [9.17, 15) is 9.59 Å². The zero-order valence-corrected chi connectivity index (χ0v) is 16.0. The van der Waals surface area contributed by atoms with Crippen LogP contribution in [0.2, 0.25) is 0 Å². The number of benzene rings is 2. The topological polar surface area (TPSA) is 67.4 Å². The van der Waals surface area contributed by atoms with Gasteiger partial charge in [0.05, 0.1) is 6.54 Å². The lowest BCUT2D eigenvalue weighted by Crippen LogP contribution is -2.37. The van der Waals surface area contributed by atoms with Crippen LogP contribution in [-0.4, -0.2) is 38.1 Å². The van der Waals surface area contributed by atoms with Crippen LogP contribution in [0.15, 0.2) is 54.6 Å². The lowest BCUT2D eigenvalue weighted by molar-refractivity contribution is -0.120. The van der Waals surface area contributed by atoms with E-state index < -0.39 is 0 Å². The molecule has 2 aromatic carbocycles. The smallest absolute Gasteiger partial charge is 0.251 e. The van der Waals surface area contributed by atoms with E-state index in [0.29, 0.717) is 24.6 Å². The number of hydrogen-bond acceptors (Lipinski definition) is 3. The van der Waals surface area contributed by atoms with Gasteiger partial charge >= 0.3 is 0 Å². The van der Waals surface area contributed by atoms with E-state index in [1.807, 2.05) is 42.5 Å². The van der Waals surface area contributed by atoms with Gasteiger partial charge in [-0.15, -0.1) is 0 Å². The number of rotatable bonds is 10. The van der Waals surface area contributed by atoms with Crippen molar-refractivity contribution >= 4 is 11.8 Å². The van der Waals surface area contributed by atoms with Crippen molar-refractivity contribution in [2.24, 2.45) is 5.92 Å². The molecule has 27 heavy (non-hydrogen) atoms. The Labute approximate surface area is 161 Å². The largest absolute Gasteiger partial charge is 0.381 e. The molecule has 5 nitrogen and oxygen atoms in total. The molecule has 0 radical (unpaired) electrons. The first-order valence-electron chi connectivity index (χ1n) is 9.34. The lowest BCUT2D eigenvalue weighted by Gasteiger charge is -2.09. The summed E-state index contributed by atoms with van der Waals surface area (Å²) in [4.78, 5) is 24.0. The van der Waals surface area contributed by atoms with Gasteiger partial charge in [0.2, 0.25) is 5.91 Å². The summed E-state index contributed by atoms with van der Waals surface area (Å²) in [5.74, 6) is 0.0507. The standard InChI is InChI=1S/C22H28N2O3/c1-17(2)16-27-14-6-13-23-21(25)15-24-22(26)20-11-9-19(10-12-20)18-7-4-3-5-8-18/h3-5,7-12,17H,6,13-16H2,1-2H3,(H,23,25)(H,24,26). The van der Waals surface area contributed by atoms with Crippen LogP contribution in [0.3, 0.4) is 0 Å². The molecular weight excluding hydrogens is 340 g/mol. The average Bonchev–Trinajstić information content (AvgIpc) is 2.69. The minimum Gasteiger partial charge on any atom is -0.381 e. The van der Waals surface area contributed by atoms with E-state index in [4.69, 9.17) is 4.74 Å². The minimum atomic E-state index is -0.259. The maximum absolute atomic E-state index is 12.2. The fourth-order valence-electron chi connectivity index (χ4n) is 2.49. The molecule has 0 bridgehead atoms. The molecule has 0 aliphatic heterocycles. The van der Waals surface area contributed by atoms with Crippen LogP contribution in [0.5, 0.6) is 0 Å². The predicted molar refractivity (Wildman–Crippen MR) is 107 cm³/mol. The van der Waals surface area contributed by atoms with Crippen molar-refractivity contribution in [2.45, 2.75) is 20.3 Å². The Morgan fingerprint density at radius 2 is 1.59 bits per heavy atom. The van der Waals surface area contributed by atoms with Crippen molar-refractivity contribution in [2.75, 3.05) is 26.3 Å². The third-order valence-corrected chi connectivity index (χ3v) is 3.90. The van der Waals surface area contributed by atoms with Gasteiger partial charge in [-0.3, -0.25) is 9.59 Å². The highest BCUT2D eigenvalue weighted by Gasteiger charge is 2.08. The molecule has 0 aromatic heterocycles. The van der Waals surface area contributed by atoms with Crippen molar-refractivity contribution in [3.63, 3.8) is 0 Å². The molecule has 0 atom stereocenters. The summed E-state index contributed by atoms with van der Waals surface area (Å²) < 4.78 is 5.45. The molecule has 0 aliphatic rings. The van der Waals surface area contributed by atoms with Crippen molar-refractivity contribution in [1.82, 2.24) is 10.6 Å². The highest BCUT2D eigenvalue weighted by Crippen LogP contribution is 2.19. The summed E-state index contributed by atoms with van der Waals surface area (Å²) in [7, 11) is 0. The van der Waals surface area contributed by atoms with E-state index in [2.05, 4.69) is 24.5 Å². The quantitative estimate of drug-likeness (QED) is 0.633. The van der Waals surface area contributed by atoms with Gasteiger partial charge in [0.25, 0.3) is 5.91 Å². The van der Waals surface area contributed by atoms with Crippen molar-refractivity contribution in [3.8, 4) is 11.1 Å². The maximum atomic E-state index is 12.2. The molecule has 0 heterocycles. The van der Waals surface area contributed by atoms with E-state index in [1.165, 1.54) is 0 Å². The SMILES string of the molecule is CC(C)COCCCNC(=O)CNC(=O)c1ccc(-c2ccccc2)cc1. The summed E-state index contributed by atoms with van der Waals surface area (Å²) in [6, 6.07) is 17.3.